The Morgan fingerprint density at radius 1 is 1.05 bits per heavy atom. The van der Waals surface area contributed by atoms with Crippen LogP contribution in [0.15, 0.2) is 18.2 Å². The number of nitrogens with two attached hydrogens (primary N) is 1. The van der Waals surface area contributed by atoms with Crippen LogP contribution in [0.1, 0.15) is 61.3 Å². The van der Waals surface area contributed by atoms with Gasteiger partial charge in [0.25, 0.3) is 0 Å². The van der Waals surface area contributed by atoms with E-state index in [-0.39, 0.29) is 23.5 Å². The Kier molecular flexibility index (Phi) is 6.21. The number of rotatable bonds is 6. The first-order valence-corrected chi connectivity index (χ1v) is 7.20. The van der Waals surface area contributed by atoms with Gasteiger partial charge in [-0.3, -0.25) is 0 Å². The number of ether oxygens (including phenoxy) is 2. The second kappa shape index (κ2) is 7.67. The molecule has 0 spiro atoms. The molecule has 5 nitrogen and oxygen atoms in total. The van der Waals surface area contributed by atoms with Gasteiger partial charge >= 0.3 is 11.9 Å². The summed E-state index contributed by atoms with van der Waals surface area (Å²) in [6, 6.07) is 4.46. The van der Waals surface area contributed by atoms with Crippen molar-refractivity contribution in [3.05, 3.63) is 29.3 Å². The third-order valence-corrected chi connectivity index (χ3v) is 3.27. The molecular weight excluding hydrogens is 270 g/mol. The van der Waals surface area contributed by atoms with Crippen LogP contribution in [0.5, 0.6) is 0 Å². The molecule has 0 aromatic heterocycles. The number of hydrogen-bond acceptors (Lipinski definition) is 5. The molecule has 0 aliphatic carbocycles. The molecule has 2 unspecified atom stereocenters. The third kappa shape index (κ3) is 4.77. The Morgan fingerprint density at radius 2 is 1.57 bits per heavy atom. The van der Waals surface area contributed by atoms with Crippen LogP contribution < -0.4 is 5.73 Å². The first-order valence-electron chi connectivity index (χ1n) is 7.20. The second-order valence-corrected chi connectivity index (χ2v) is 5.05. The lowest BCUT2D eigenvalue weighted by molar-refractivity contribution is 0.0320. The molecule has 21 heavy (non-hydrogen) atoms. The van der Waals surface area contributed by atoms with E-state index in [9.17, 15) is 9.59 Å². The van der Waals surface area contributed by atoms with Crippen molar-refractivity contribution in [2.24, 2.45) is 0 Å². The minimum absolute atomic E-state index is 0.159. The Balaban J connectivity index is 2.85. The maximum Gasteiger partial charge on any atom is 0.340 e. The van der Waals surface area contributed by atoms with Crippen molar-refractivity contribution in [1.29, 1.82) is 0 Å². The maximum absolute atomic E-state index is 11.9. The van der Waals surface area contributed by atoms with Crippen LogP contribution in [0.2, 0.25) is 0 Å². The molecule has 0 radical (unpaired) electrons. The molecular formula is C16H23NO4. The van der Waals surface area contributed by atoms with Crippen LogP contribution in [0.25, 0.3) is 0 Å². The number of esters is 2. The molecule has 2 atom stereocenters. The number of benzene rings is 1. The molecule has 0 amide bonds. The Labute approximate surface area is 125 Å². The number of hydrogen-bond donors (Lipinski definition) is 1. The predicted molar refractivity (Wildman–Crippen MR) is 81.2 cm³/mol. The molecule has 2 N–H and O–H groups in total. The lowest BCUT2D eigenvalue weighted by Crippen LogP contribution is -2.17. The van der Waals surface area contributed by atoms with Crippen molar-refractivity contribution in [1.82, 2.24) is 0 Å². The molecule has 5 heteroatoms. The van der Waals surface area contributed by atoms with Gasteiger partial charge < -0.3 is 15.2 Å². The van der Waals surface area contributed by atoms with E-state index in [4.69, 9.17) is 15.2 Å². The zero-order valence-corrected chi connectivity index (χ0v) is 13.0. The fourth-order valence-corrected chi connectivity index (χ4v) is 1.54. The minimum Gasteiger partial charge on any atom is -0.459 e. The van der Waals surface area contributed by atoms with Crippen LogP contribution >= 0.6 is 0 Å². The summed E-state index contributed by atoms with van der Waals surface area (Å²) in [5.41, 5.74) is 6.63. The summed E-state index contributed by atoms with van der Waals surface area (Å²) in [6.45, 7) is 7.49. The van der Waals surface area contributed by atoms with Gasteiger partial charge in [-0.1, -0.05) is 13.8 Å². The first kappa shape index (κ1) is 17.0. The van der Waals surface area contributed by atoms with Gasteiger partial charge in [-0.2, -0.15) is 0 Å². The normalized spacial score (nSPS) is 13.3. The summed E-state index contributed by atoms with van der Waals surface area (Å²) < 4.78 is 10.4. The lowest BCUT2D eigenvalue weighted by Gasteiger charge is -2.14. The minimum atomic E-state index is -0.483. The molecule has 0 bridgehead atoms. The van der Waals surface area contributed by atoms with Gasteiger partial charge in [0, 0.05) is 5.69 Å². The van der Waals surface area contributed by atoms with Gasteiger partial charge in [0.15, 0.2) is 0 Å². The fraction of sp³-hybridized carbons (Fsp3) is 0.500. The van der Waals surface area contributed by atoms with E-state index in [0.29, 0.717) is 5.56 Å². The van der Waals surface area contributed by atoms with E-state index >= 15 is 0 Å². The van der Waals surface area contributed by atoms with E-state index in [1.165, 1.54) is 18.2 Å². The van der Waals surface area contributed by atoms with Crippen LogP contribution in [-0.4, -0.2) is 24.1 Å². The van der Waals surface area contributed by atoms with Gasteiger partial charge in [-0.25, -0.2) is 9.59 Å². The Hall–Kier alpha value is -2.04. The van der Waals surface area contributed by atoms with E-state index in [2.05, 4.69) is 0 Å². The van der Waals surface area contributed by atoms with E-state index in [1.807, 2.05) is 27.7 Å². The van der Waals surface area contributed by atoms with Crippen LogP contribution in [0, 0.1) is 0 Å². The fourth-order valence-electron chi connectivity index (χ4n) is 1.54. The average molecular weight is 293 g/mol. The van der Waals surface area contributed by atoms with Crippen molar-refractivity contribution in [3.63, 3.8) is 0 Å². The number of anilines is 1. The molecule has 0 aliphatic heterocycles. The smallest absolute Gasteiger partial charge is 0.340 e. The molecule has 0 saturated heterocycles. The monoisotopic (exact) mass is 293 g/mol. The Morgan fingerprint density at radius 3 is 2.05 bits per heavy atom. The highest BCUT2D eigenvalue weighted by Crippen LogP contribution is 2.18. The van der Waals surface area contributed by atoms with Crippen LogP contribution in [0.3, 0.4) is 0 Å². The average Bonchev–Trinajstić information content (AvgIpc) is 2.46. The second-order valence-electron chi connectivity index (χ2n) is 5.05. The molecule has 0 heterocycles. The van der Waals surface area contributed by atoms with E-state index in [0.717, 1.165) is 12.8 Å². The standard InChI is InChI=1S/C16H23NO4/c1-5-10(3)20-15(18)12-7-8-13(14(17)9-12)16(19)21-11(4)6-2/h7-11H,5-6,17H2,1-4H3. The summed E-state index contributed by atoms with van der Waals surface area (Å²) in [7, 11) is 0. The summed E-state index contributed by atoms with van der Waals surface area (Å²) in [5.74, 6) is -0.929. The van der Waals surface area contributed by atoms with Crippen LogP contribution in [-0.2, 0) is 9.47 Å². The lowest BCUT2D eigenvalue weighted by atomic mass is 10.1. The molecule has 116 valence electrons. The van der Waals surface area contributed by atoms with Gasteiger partial charge in [0.2, 0.25) is 0 Å². The molecule has 0 fully saturated rings. The molecule has 1 aromatic rings. The summed E-state index contributed by atoms with van der Waals surface area (Å²) >= 11 is 0. The molecule has 0 saturated carbocycles. The largest absolute Gasteiger partial charge is 0.459 e. The third-order valence-electron chi connectivity index (χ3n) is 3.27. The first-order chi connectivity index (χ1) is 9.88. The quantitative estimate of drug-likeness (QED) is 0.643. The van der Waals surface area contributed by atoms with Gasteiger partial charge in [-0.15, -0.1) is 0 Å². The van der Waals surface area contributed by atoms with E-state index in [1.54, 1.807) is 0 Å². The highest BCUT2D eigenvalue weighted by Gasteiger charge is 2.17. The van der Waals surface area contributed by atoms with E-state index < -0.39 is 11.9 Å². The number of nitrogen functional groups attached to an aromatic ring is 1. The number of carbonyl (C=O) groups is 2. The zero-order valence-electron chi connectivity index (χ0n) is 13.0. The van der Waals surface area contributed by atoms with Crippen molar-refractivity contribution in [2.45, 2.75) is 52.7 Å². The highest BCUT2D eigenvalue weighted by molar-refractivity contribution is 5.98. The maximum atomic E-state index is 11.9. The van der Waals surface area contributed by atoms with Crippen molar-refractivity contribution in [2.75, 3.05) is 5.73 Å². The highest BCUT2D eigenvalue weighted by atomic mass is 16.5. The zero-order chi connectivity index (χ0) is 16.0. The van der Waals surface area contributed by atoms with Gasteiger partial charge in [-0.05, 0) is 44.9 Å². The number of carbonyl (C=O) groups excluding carboxylic acids is 2. The van der Waals surface area contributed by atoms with Crippen molar-refractivity contribution in [3.8, 4) is 0 Å². The SMILES string of the molecule is CCC(C)OC(=O)c1ccc(C(=O)OC(C)CC)c(N)c1. The molecule has 0 aliphatic rings. The van der Waals surface area contributed by atoms with Crippen LogP contribution in [0.4, 0.5) is 5.69 Å². The van der Waals surface area contributed by atoms with Gasteiger partial charge in [0.05, 0.1) is 23.3 Å². The summed E-state index contributed by atoms with van der Waals surface area (Å²) in [6.07, 6.45) is 1.13. The molecule has 1 aromatic carbocycles. The molecule has 1 rings (SSSR count). The summed E-state index contributed by atoms with van der Waals surface area (Å²) in [5, 5.41) is 0. The predicted octanol–water partition coefficient (Wildman–Crippen LogP) is 3.18. The Bertz CT molecular complexity index is 513. The van der Waals surface area contributed by atoms with Gasteiger partial charge in [0.1, 0.15) is 0 Å². The van der Waals surface area contributed by atoms with Crippen molar-refractivity contribution >= 4 is 17.6 Å². The topological polar surface area (TPSA) is 78.6 Å². The van der Waals surface area contributed by atoms with Crippen molar-refractivity contribution < 1.29 is 19.1 Å². The summed E-state index contributed by atoms with van der Waals surface area (Å²) in [4.78, 5) is 23.8.